The minimum absolute atomic E-state index is 0.0342. The lowest BCUT2D eigenvalue weighted by Gasteiger charge is -2.09. The van der Waals surface area contributed by atoms with Gasteiger partial charge in [0.25, 0.3) is 0 Å². The molecule has 0 saturated carbocycles. The average Bonchev–Trinajstić information content (AvgIpc) is 2.98. The van der Waals surface area contributed by atoms with Crippen molar-refractivity contribution in [3.63, 3.8) is 0 Å². The normalized spacial score (nSPS) is 11.3. The molecule has 0 saturated heterocycles. The summed E-state index contributed by atoms with van der Waals surface area (Å²) in [5.41, 5.74) is 6.84. The maximum atomic E-state index is 14.5. The van der Waals surface area contributed by atoms with E-state index in [4.69, 9.17) is 10.5 Å². The van der Waals surface area contributed by atoms with Crippen molar-refractivity contribution in [1.82, 2.24) is 19.6 Å². The summed E-state index contributed by atoms with van der Waals surface area (Å²) < 4.78 is 35.3. The molecule has 0 unspecified atom stereocenters. The Morgan fingerprint density at radius 2 is 1.96 bits per heavy atom. The molecule has 7 nitrogen and oxygen atoms in total. The highest BCUT2D eigenvalue weighted by molar-refractivity contribution is 5.94. The van der Waals surface area contributed by atoms with Crippen LogP contribution < -0.4 is 10.5 Å². The number of nitrogens with two attached hydrogens (primary N) is 1. The van der Waals surface area contributed by atoms with Crippen LogP contribution in [-0.4, -0.2) is 32.6 Å². The van der Waals surface area contributed by atoms with Gasteiger partial charge in [-0.3, -0.25) is 9.20 Å². The third-order valence-corrected chi connectivity index (χ3v) is 4.24. The molecule has 2 aromatic carbocycles. The summed E-state index contributed by atoms with van der Waals surface area (Å²) in [7, 11) is 1.39. The first-order valence-corrected chi connectivity index (χ1v) is 7.89. The number of carbonyl (C=O) groups excluding carboxylic acids is 1. The minimum atomic E-state index is -0.703. The van der Waals surface area contributed by atoms with Crippen molar-refractivity contribution in [2.75, 3.05) is 7.11 Å². The number of halogens is 2. The summed E-state index contributed by atoms with van der Waals surface area (Å²) >= 11 is 0. The van der Waals surface area contributed by atoms with Crippen LogP contribution in [-0.2, 0) is 0 Å². The molecule has 0 aliphatic heterocycles. The molecule has 0 bridgehead atoms. The molecule has 2 heterocycles. The molecule has 0 spiro atoms. The molecule has 27 heavy (non-hydrogen) atoms. The van der Waals surface area contributed by atoms with Crippen molar-refractivity contribution in [1.29, 1.82) is 0 Å². The largest absolute Gasteiger partial charge is 0.494 e. The number of rotatable bonds is 3. The highest BCUT2D eigenvalue weighted by atomic mass is 19.1. The van der Waals surface area contributed by atoms with E-state index >= 15 is 0 Å². The van der Waals surface area contributed by atoms with Gasteiger partial charge in [-0.25, -0.2) is 13.8 Å². The standard InChI is InChI=1S/C18H13F2N5O2/c1-8-17-24-23-15-13(6-10(19)7-14(15)27-2)25(17)18(22-8)11-5-9(16(21)26)3-4-12(11)20/h3-7H,1-2H3,(H2,21,26). The lowest BCUT2D eigenvalue weighted by molar-refractivity contribution is 0.100. The number of methoxy groups -OCH3 is 1. The van der Waals surface area contributed by atoms with E-state index in [1.807, 2.05) is 0 Å². The first kappa shape index (κ1) is 16.8. The Morgan fingerprint density at radius 1 is 1.19 bits per heavy atom. The molecule has 0 fully saturated rings. The zero-order valence-corrected chi connectivity index (χ0v) is 14.3. The van der Waals surface area contributed by atoms with Gasteiger partial charge in [-0.15, -0.1) is 10.2 Å². The number of aryl methyl sites for hydroxylation is 1. The molecule has 2 aromatic heterocycles. The van der Waals surface area contributed by atoms with Crippen LogP contribution in [0.3, 0.4) is 0 Å². The molecule has 0 aliphatic carbocycles. The number of ether oxygens (including phenoxy) is 1. The molecule has 2 N–H and O–H groups in total. The molecule has 0 atom stereocenters. The van der Waals surface area contributed by atoms with Gasteiger partial charge >= 0.3 is 0 Å². The van der Waals surface area contributed by atoms with Crippen molar-refractivity contribution in [3.05, 3.63) is 53.2 Å². The SMILES string of the molecule is COc1cc(F)cc2c1nnc1c(C)nc(-c3cc(C(N)=O)ccc3F)n12. The maximum absolute atomic E-state index is 14.5. The number of amides is 1. The number of hydrogen-bond acceptors (Lipinski definition) is 5. The van der Waals surface area contributed by atoms with E-state index in [2.05, 4.69) is 15.2 Å². The fraction of sp³-hybridized carbons (Fsp3) is 0.111. The third-order valence-electron chi connectivity index (χ3n) is 4.24. The zero-order chi connectivity index (χ0) is 19.3. The van der Waals surface area contributed by atoms with Crippen molar-refractivity contribution in [2.24, 2.45) is 5.73 Å². The van der Waals surface area contributed by atoms with Gasteiger partial charge in [0.05, 0.1) is 23.9 Å². The Balaban J connectivity index is 2.15. The second-order valence-electron chi connectivity index (χ2n) is 5.91. The molecular weight excluding hydrogens is 356 g/mol. The monoisotopic (exact) mass is 369 g/mol. The van der Waals surface area contributed by atoms with Gasteiger partial charge in [-0.05, 0) is 25.1 Å². The van der Waals surface area contributed by atoms with Gasteiger partial charge in [-0.1, -0.05) is 0 Å². The van der Waals surface area contributed by atoms with Crippen molar-refractivity contribution in [3.8, 4) is 17.1 Å². The number of benzene rings is 2. The quantitative estimate of drug-likeness (QED) is 0.599. The van der Waals surface area contributed by atoms with Crippen LogP contribution in [0, 0.1) is 18.6 Å². The fourth-order valence-electron chi connectivity index (χ4n) is 2.98. The van der Waals surface area contributed by atoms with Crippen LogP contribution in [0.25, 0.3) is 28.1 Å². The maximum Gasteiger partial charge on any atom is 0.248 e. The molecule has 0 radical (unpaired) electrons. The average molecular weight is 369 g/mol. The summed E-state index contributed by atoms with van der Waals surface area (Å²) in [4.78, 5) is 15.9. The van der Waals surface area contributed by atoms with E-state index < -0.39 is 17.5 Å². The topological polar surface area (TPSA) is 95.4 Å². The first-order chi connectivity index (χ1) is 12.9. The van der Waals surface area contributed by atoms with Crippen LogP contribution in [0.15, 0.2) is 30.3 Å². The lowest BCUT2D eigenvalue weighted by Crippen LogP contribution is -2.11. The van der Waals surface area contributed by atoms with Crippen molar-refractivity contribution in [2.45, 2.75) is 6.92 Å². The Bertz CT molecular complexity index is 1240. The van der Waals surface area contributed by atoms with E-state index in [1.165, 1.54) is 35.8 Å². The van der Waals surface area contributed by atoms with E-state index in [1.54, 1.807) is 6.92 Å². The molecule has 1 amide bonds. The fourth-order valence-corrected chi connectivity index (χ4v) is 2.98. The van der Waals surface area contributed by atoms with Crippen LogP contribution >= 0.6 is 0 Å². The number of fused-ring (bicyclic) bond motifs is 3. The number of aromatic nitrogens is 4. The van der Waals surface area contributed by atoms with Gasteiger partial charge < -0.3 is 10.5 Å². The summed E-state index contributed by atoms with van der Waals surface area (Å²) in [6.45, 7) is 1.67. The number of carbonyl (C=O) groups is 1. The predicted molar refractivity (Wildman–Crippen MR) is 93.4 cm³/mol. The molecule has 9 heteroatoms. The minimum Gasteiger partial charge on any atom is -0.494 e. The molecule has 0 aliphatic rings. The van der Waals surface area contributed by atoms with Crippen molar-refractivity contribution >= 4 is 22.6 Å². The van der Waals surface area contributed by atoms with E-state index in [-0.39, 0.29) is 28.2 Å². The van der Waals surface area contributed by atoms with Crippen LogP contribution in [0.4, 0.5) is 8.78 Å². The van der Waals surface area contributed by atoms with E-state index in [9.17, 15) is 13.6 Å². The summed E-state index contributed by atoms with van der Waals surface area (Å²) in [6, 6.07) is 6.13. The smallest absolute Gasteiger partial charge is 0.248 e. The summed E-state index contributed by atoms with van der Waals surface area (Å²) in [5, 5.41) is 8.20. The number of hydrogen-bond donors (Lipinski definition) is 1. The second-order valence-corrected chi connectivity index (χ2v) is 5.91. The van der Waals surface area contributed by atoms with Crippen LogP contribution in [0.2, 0.25) is 0 Å². The van der Waals surface area contributed by atoms with Gasteiger partial charge in [0.1, 0.15) is 17.5 Å². The Hall–Kier alpha value is -3.62. The Labute approximate surface area is 151 Å². The number of primary amides is 1. The third kappa shape index (κ3) is 2.55. The molecule has 4 rings (SSSR count). The lowest BCUT2D eigenvalue weighted by atomic mass is 10.1. The van der Waals surface area contributed by atoms with Crippen LogP contribution in [0.1, 0.15) is 16.1 Å². The van der Waals surface area contributed by atoms with Crippen LogP contribution in [0.5, 0.6) is 5.75 Å². The van der Waals surface area contributed by atoms with E-state index in [0.717, 1.165) is 6.07 Å². The zero-order valence-electron chi connectivity index (χ0n) is 14.3. The predicted octanol–water partition coefficient (Wildman–Crippen LogP) is 2.64. The highest BCUT2D eigenvalue weighted by Gasteiger charge is 2.20. The van der Waals surface area contributed by atoms with Gasteiger partial charge in [0.15, 0.2) is 16.9 Å². The summed E-state index contributed by atoms with van der Waals surface area (Å²) in [6.07, 6.45) is 0. The second kappa shape index (κ2) is 5.97. The van der Waals surface area contributed by atoms with Gasteiger partial charge in [0, 0.05) is 17.7 Å². The van der Waals surface area contributed by atoms with Gasteiger partial charge in [-0.2, -0.15) is 0 Å². The first-order valence-electron chi connectivity index (χ1n) is 7.89. The molecule has 4 aromatic rings. The molecular formula is C18H13F2N5O2. The Kier molecular flexibility index (Phi) is 3.72. The highest BCUT2D eigenvalue weighted by Crippen LogP contribution is 2.31. The number of imidazole rings is 1. The van der Waals surface area contributed by atoms with Crippen molar-refractivity contribution < 1.29 is 18.3 Å². The number of nitrogens with zero attached hydrogens (tertiary/aromatic N) is 4. The Morgan fingerprint density at radius 3 is 2.67 bits per heavy atom. The van der Waals surface area contributed by atoms with E-state index in [0.29, 0.717) is 16.9 Å². The van der Waals surface area contributed by atoms with Gasteiger partial charge in [0.2, 0.25) is 5.91 Å². The molecule has 136 valence electrons. The summed E-state index contributed by atoms with van der Waals surface area (Å²) in [5.74, 6) is -1.54.